The first-order chi connectivity index (χ1) is 26.8. The van der Waals surface area contributed by atoms with E-state index in [2.05, 4.69) is 32.9 Å². The van der Waals surface area contributed by atoms with Gasteiger partial charge in [-0.2, -0.15) is 13.2 Å². The third-order valence-electron chi connectivity index (χ3n) is 10.5. The van der Waals surface area contributed by atoms with Crippen LogP contribution >= 0.6 is 11.3 Å². The molecule has 0 spiro atoms. The van der Waals surface area contributed by atoms with Crippen molar-refractivity contribution >= 4 is 62.5 Å². The molecule has 5 amide bonds. The molecule has 0 bridgehead atoms. The summed E-state index contributed by atoms with van der Waals surface area (Å²) >= 11 is 1.54. The van der Waals surface area contributed by atoms with Gasteiger partial charge in [-0.3, -0.25) is 34.2 Å². The third-order valence-corrected chi connectivity index (χ3v) is 11.7. The number of pyridine rings is 1. The number of halogens is 3. The lowest BCUT2D eigenvalue weighted by Crippen LogP contribution is -2.54. The number of hydrogen-bond donors (Lipinski definition) is 3. The molecule has 13 nitrogen and oxygen atoms in total. The van der Waals surface area contributed by atoms with Crippen LogP contribution in [-0.4, -0.2) is 89.1 Å². The van der Waals surface area contributed by atoms with E-state index in [4.69, 9.17) is 9.72 Å². The Bertz CT molecular complexity index is 2200. The van der Waals surface area contributed by atoms with E-state index >= 15 is 0 Å². The first-order valence-corrected chi connectivity index (χ1v) is 19.2. The van der Waals surface area contributed by atoms with E-state index in [0.717, 1.165) is 77.5 Å². The van der Waals surface area contributed by atoms with E-state index in [1.165, 1.54) is 24.5 Å². The average molecular weight is 792 g/mol. The van der Waals surface area contributed by atoms with Gasteiger partial charge in [0.25, 0.3) is 17.7 Å². The highest BCUT2D eigenvalue weighted by Crippen LogP contribution is 2.41. The number of imide groups is 2. The molecule has 0 radical (unpaired) electrons. The number of benzene rings is 2. The maximum atomic E-state index is 13.4. The molecule has 56 heavy (non-hydrogen) atoms. The van der Waals surface area contributed by atoms with Crippen LogP contribution in [0.25, 0.3) is 10.2 Å². The summed E-state index contributed by atoms with van der Waals surface area (Å²) in [6.45, 7) is 2.32. The van der Waals surface area contributed by atoms with Crippen molar-refractivity contribution in [2.75, 3.05) is 44.4 Å². The Morgan fingerprint density at radius 2 is 1.77 bits per heavy atom. The number of piperidine rings is 1. The van der Waals surface area contributed by atoms with Gasteiger partial charge in [0.05, 0.1) is 39.1 Å². The Morgan fingerprint density at radius 1 is 1.00 bits per heavy atom. The molecule has 2 aromatic heterocycles. The smallest absolute Gasteiger partial charge is 0.433 e. The SMILES string of the molecule is COc1cc2nc([C@H]3CC[C@H](CN(C)CCCNc4cccc5c4C(=O)N(C4CCC(=O)NC4=O)C5=O)CC3)sc2cc1NC(=O)c1cccc(C(F)(F)F)n1. The number of fused-ring (bicyclic) bond motifs is 2. The van der Waals surface area contributed by atoms with Crippen LogP contribution in [0.3, 0.4) is 0 Å². The highest BCUT2D eigenvalue weighted by molar-refractivity contribution is 7.18. The monoisotopic (exact) mass is 791 g/mol. The lowest BCUT2D eigenvalue weighted by Gasteiger charge is -2.30. The molecule has 2 aliphatic heterocycles. The molecule has 7 rings (SSSR count). The molecule has 3 N–H and O–H groups in total. The topological polar surface area (TPSA) is 163 Å². The number of nitrogens with zero attached hydrogens (tertiary/aromatic N) is 4. The van der Waals surface area contributed by atoms with Crippen LogP contribution in [0.2, 0.25) is 0 Å². The molecule has 1 aliphatic carbocycles. The number of nitrogens with one attached hydrogen (secondary N) is 3. The Balaban J connectivity index is 0.888. The maximum Gasteiger partial charge on any atom is 0.433 e. The van der Waals surface area contributed by atoms with E-state index in [1.807, 2.05) is 0 Å². The number of hydrogen-bond acceptors (Lipinski definition) is 11. The van der Waals surface area contributed by atoms with Crippen LogP contribution in [-0.2, 0) is 15.8 Å². The van der Waals surface area contributed by atoms with Crippen molar-refractivity contribution in [2.45, 2.75) is 63.1 Å². The zero-order valence-corrected chi connectivity index (χ0v) is 31.5. The largest absolute Gasteiger partial charge is 0.494 e. The average Bonchev–Trinajstić information content (AvgIpc) is 3.70. The summed E-state index contributed by atoms with van der Waals surface area (Å²) in [7, 11) is 3.54. The van der Waals surface area contributed by atoms with Gasteiger partial charge in [-0.1, -0.05) is 12.1 Å². The second kappa shape index (κ2) is 16.0. The van der Waals surface area contributed by atoms with Gasteiger partial charge in [-0.25, -0.2) is 9.97 Å². The number of aromatic nitrogens is 2. The van der Waals surface area contributed by atoms with Gasteiger partial charge in [-0.15, -0.1) is 11.3 Å². The van der Waals surface area contributed by atoms with Gasteiger partial charge in [0.2, 0.25) is 11.8 Å². The lowest BCUT2D eigenvalue weighted by atomic mass is 9.82. The standard InChI is InChI=1S/C39H40F3N7O6S/c1-48(17-5-16-43-24-7-3-6-23-33(24)38(54)49(37(23)53)28-14-15-32(50)47-35(28)52)20-21-10-12-22(13-11-21)36-46-27-18-29(55-2)26(19-30(27)56-36)45-34(51)25-8-4-9-31(44-25)39(40,41)42/h3-4,6-9,18-19,21-22,28,43H,5,10-17,20H2,1-2H3,(H,45,51)(H,47,50,52)/t21-,22-,28?. The summed E-state index contributed by atoms with van der Waals surface area (Å²) in [5, 5.41) is 9.17. The number of alkyl halides is 3. The van der Waals surface area contributed by atoms with Crippen molar-refractivity contribution in [3.63, 3.8) is 0 Å². The molecule has 17 heteroatoms. The fraction of sp³-hybridized carbons (Fsp3) is 0.410. The number of anilines is 2. The van der Waals surface area contributed by atoms with Gasteiger partial charge >= 0.3 is 6.18 Å². The number of amides is 5. The zero-order valence-electron chi connectivity index (χ0n) is 30.7. The summed E-state index contributed by atoms with van der Waals surface area (Å²) in [6.07, 6.45) is 0.308. The minimum atomic E-state index is -4.67. The fourth-order valence-electron chi connectivity index (χ4n) is 7.68. The predicted molar refractivity (Wildman–Crippen MR) is 202 cm³/mol. The number of rotatable bonds is 12. The van der Waals surface area contributed by atoms with Gasteiger partial charge in [0.15, 0.2) is 0 Å². The number of carbonyl (C=O) groups excluding carboxylic acids is 5. The van der Waals surface area contributed by atoms with Crippen molar-refractivity contribution in [2.24, 2.45) is 5.92 Å². The first-order valence-electron chi connectivity index (χ1n) is 18.4. The van der Waals surface area contributed by atoms with Crippen LogP contribution in [0.15, 0.2) is 48.5 Å². The minimum Gasteiger partial charge on any atom is -0.494 e. The predicted octanol–water partition coefficient (Wildman–Crippen LogP) is 6.08. The first kappa shape index (κ1) is 38.8. The van der Waals surface area contributed by atoms with E-state index < -0.39 is 47.4 Å². The molecule has 1 unspecified atom stereocenters. The molecule has 3 aliphatic rings. The van der Waals surface area contributed by atoms with Crippen LogP contribution in [0.5, 0.6) is 5.75 Å². The maximum absolute atomic E-state index is 13.4. The van der Waals surface area contributed by atoms with Crippen LogP contribution in [0.1, 0.15) is 92.8 Å². The van der Waals surface area contributed by atoms with E-state index in [9.17, 15) is 37.1 Å². The molecule has 1 saturated heterocycles. The molecule has 4 aromatic rings. The van der Waals surface area contributed by atoms with Gasteiger partial charge in [0, 0.05) is 37.2 Å². The normalized spacial score (nSPS) is 20.0. The fourth-order valence-corrected chi connectivity index (χ4v) is 8.84. The summed E-state index contributed by atoms with van der Waals surface area (Å²) in [5.74, 6) is -1.78. The molecular formula is C39H40F3N7O6S. The highest BCUT2D eigenvalue weighted by atomic mass is 32.1. The van der Waals surface area contributed by atoms with Crippen LogP contribution in [0, 0.1) is 5.92 Å². The van der Waals surface area contributed by atoms with E-state index in [-0.39, 0.29) is 35.6 Å². The number of ether oxygens (including phenoxy) is 1. The number of carbonyl (C=O) groups is 5. The van der Waals surface area contributed by atoms with Gasteiger partial charge in [-0.05, 0) is 88.4 Å². The number of thiazole rings is 1. The molecule has 294 valence electrons. The van der Waals surface area contributed by atoms with Crippen molar-refractivity contribution < 1.29 is 41.9 Å². The Kier molecular flexibility index (Phi) is 11.1. The summed E-state index contributed by atoms with van der Waals surface area (Å²) in [6, 6.07) is 10.6. The Morgan fingerprint density at radius 3 is 2.50 bits per heavy atom. The summed E-state index contributed by atoms with van der Waals surface area (Å²) in [5.41, 5.74) is 0.552. The van der Waals surface area contributed by atoms with Crippen LogP contribution in [0.4, 0.5) is 24.5 Å². The molecular weight excluding hydrogens is 752 g/mol. The van der Waals surface area contributed by atoms with E-state index in [1.54, 1.807) is 30.3 Å². The minimum absolute atomic E-state index is 0.0623. The molecule has 2 aromatic carbocycles. The Labute approximate surface area is 324 Å². The second-order valence-corrected chi connectivity index (χ2v) is 15.4. The van der Waals surface area contributed by atoms with E-state index in [0.29, 0.717) is 29.6 Å². The zero-order chi connectivity index (χ0) is 39.7. The summed E-state index contributed by atoms with van der Waals surface area (Å²) < 4.78 is 45.8. The Hall–Kier alpha value is -5.42. The van der Waals surface area contributed by atoms with Crippen molar-refractivity contribution in [3.8, 4) is 5.75 Å². The molecule has 4 heterocycles. The molecule has 2 fully saturated rings. The van der Waals surface area contributed by atoms with Crippen LogP contribution < -0.4 is 20.7 Å². The van der Waals surface area contributed by atoms with Gasteiger partial charge < -0.3 is 20.3 Å². The van der Waals surface area contributed by atoms with Crippen molar-refractivity contribution in [3.05, 3.63) is 76.1 Å². The van der Waals surface area contributed by atoms with Gasteiger partial charge in [0.1, 0.15) is 23.2 Å². The van der Waals surface area contributed by atoms with Crippen molar-refractivity contribution in [1.29, 1.82) is 0 Å². The quantitative estimate of drug-likeness (QED) is 0.113. The lowest BCUT2D eigenvalue weighted by molar-refractivity contribution is -0.141. The highest BCUT2D eigenvalue weighted by Gasteiger charge is 2.45. The second-order valence-electron chi connectivity index (χ2n) is 14.4. The van der Waals surface area contributed by atoms with Crippen molar-refractivity contribution in [1.82, 2.24) is 25.1 Å². The third kappa shape index (κ3) is 8.09. The molecule has 1 saturated carbocycles. The summed E-state index contributed by atoms with van der Waals surface area (Å²) in [4.78, 5) is 75.0. The number of methoxy groups -OCH3 is 1. The molecule has 1 atom stereocenters.